The Morgan fingerprint density at radius 3 is 2.79 bits per heavy atom. The number of pyridine rings is 1. The lowest BCUT2D eigenvalue weighted by Crippen LogP contribution is -2.20. The molecule has 0 saturated carbocycles. The highest BCUT2D eigenvalue weighted by Crippen LogP contribution is 2.25. The highest BCUT2D eigenvalue weighted by molar-refractivity contribution is 6.43. The molecule has 2 rings (SSSR count). The zero-order chi connectivity index (χ0) is 14.0. The summed E-state index contributed by atoms with van der Waals surface area (Å²) < 4.78 is 1.35. The van der Waals surface area contributed by atoms with Gasteiger partial charge in [0.1, 0.15) is 11.3 Å². The van der Waals surface area contributed by atoms with E-state index in [0.29, 0.717) is 0 Å². The third-order valence-electron chi connectivity index (χ3n) is 2.35. The van der Waals surface area contributed by atoms with Gasteiger partial charge in [-0.15, -0.1) is 0 Å². The van der Waals surface area contributed by atoms with Gasteiger partial charge in [-0.05, 0) is 6.07 Å². The van der Waals surface area contributed by atoms with Gasteiger partial charge in [0, 0.05) is 24.9 Å². The van der Waals surface area contributed by atoms with Crippen LogP contribution in [-0.2, 0) is 7.05 Å². The molecule has 1 amide bonds. The Balaban J connectivity index is 2.28. The Morgan fingerprint density at radius 1 is 1.37 bits per heavy atom. The minimum Gasteiger partial charge on any atom is -0.319 e. The number of carbonyl (C=O) groups is 1. The number of rotatable bonds is 2. The smallest absolute Gasteiger partial charge is 0.257 e. The van der Waals surface area contributed by atoms with Crippen molar-refractivity contribution in [2.75, 3.05) is 5.32 Å². The summed E-state index contributed by atoms with van der Waals surface area (Å²) in [6, 6.07) is 2.72. The molecule has 0 bridgehead atoms. The molecule has 0 unspecified atom stereocenters. The number of nitrogens with zero attached hydrogens (tertiary/aromatic N) is 3. The van der Waals surface area contributed by atoms with Crippen LogP contribution in [0.5, 0.6) is 0 Å². The lowest BCUT2D eigenvalue weighted by molar-refractivity contribution is 0.102. The van der Waals surface area contributed by atoms with E-state index in [1.165, 1.54) is 29.2 Å². The third kappa shape index (κ3) is 2.91. The minimum absolute atomic E-state index is 0.0379. The second-order valence-electron chi connectivity index (χ2n) is 3.65. The van der Waals surface area contributed by atoms with Crippen molar-refractivity contribution in [1.82, 2.24) is 14.5 Å². The lowest BCUT2D eigenvalue weighted by Gasteiger charge is -2.06. The van der Waals surface area contributed by atoms with Crippen molar-refractivity contribution < 1.29 is 4.79 Å². The molecular formula is C11H8Cl2N4O2. The van der Waals surface area contributed by atoms with Crippen LogP contribution in [0.3, 0.4) is 0 Å². The normalized spacial score (nSPS) is 10.3. The standard InChI is InChI=1S/C11H8Cl2N4O2/c1-17-3-2-6(4-7(17)18)11(19)16-10-8(12)9(13)14-5-15-10/h2-5H,1H3,(H,14,15,16,19). The number of amides is 1. The van der Waals surface area contributed by atoms with E-state index in [0.717, 1.165) is 0 Å². The number of aromatic nitrogens is 3. The molecule has 2 aromatic rings. The van der Waals surface area contributed by atoms with Crippen LogP contribution in [0.4, 0.5) is 5.82 Å². The van der Waals surface area contributed by atoms with Gasteiger partial charge in [-0.25, -0.2) is 9.97 Å². The zero-order valence-electron chi connectivity index (χ0n) is 9.72. The molecule has 98 valence electrons. The van der Waals surface area contributed by atoms with Crippen molar-refractivity contribution >= 4 is 34.9 Å². The van der Waals surface area contributed by atoms with E-state index in [2.05, 4.69) is 15.3 Å². The number of hydrogen-bond acceptors (Lipinski definition) is 4. The highest BCUT2D eigenvalue weighted by Gasteiger charge is 2.12. The van der Waals surface area contributed by atoms with Crippen LogP contribution in [0.15, 0.2) is 29.5 Å². The molecule has 2 heterocycles. The summed E-state index contributed by atoms with van der Waals surface area (Å²) in [5.74, 6) is -0.415. The molecule has 19 heavy (non-hydrogen) atoms. The van der Waals surface area contributed by atoms with Crippen molar-refractivity contribution in [3.05, 3.63) is 50.7 Å². The van der Waals surface area contributed by atoms with Crippen LogP contribution in [-0.4, -0.2) is 20.4 Å². The van der Waals surface area contributed by atoms with E-state index in [1.54, 1.807) is 7.05 Å². The van der Waals surface area contributed by atoms with E-state index in [1.807, 2.05) is 0 Å². The van der Waals surface area contributed by atoms with Crippen LogP contribution in [0.25, 0.3) is 0 Å². The maximum atomic E-state index is 11.9. The fraction of sp³-hybridized carbons (Fsp3) is 0.0909. The second-order valence-corrected chi connectivity index (χ2v) is 4.38. The van der Waals surface area contributed by atoms with Gasteiger partial charge in [0.2, 0.25) is 0 Å². The second kappa shape index (κ2) is 5.38. The molecule has 2 aromatic heterocycles. The van der Waals surface area contributed by atoms with Crippen LogP contribution in [0.2, 0.25) is 10.2 Å². The summed E-state index contributed by atoms with van der Waals surface area (Å²) >= 11 is 11.5. The topological polar surface area (TPSA) is 76.9 Å². The summed E-state index contributed by atoms with van der Waals surface area (Å²) in [6.45, 7) is 0. The fourth-order valence-corrected chi connectivity index (χ4v) is 1.58. The summed E-state index contributed by atoms with van der Waals surface area (Å²) in [7, 11) is 1.59. The Labute approximate surface area is 118 Å². The maximum absolute atomic E-state index is 11.9. The van der Waals surface area contributed by atoms with Gasteiger partial charge in [0.15, 0.2) is 11.0 Å². The van der Waals surface area contributed by atoms with Crippen LogP contribution < -0.4 is 10.9 Å². The monoisotopic (exact) mass is 298 g/mol. The Kier molecular flexibility index (Phi) is 3.82. The van der Waals surface area contributed by atoms with Crippen molar-refractivity contribution in [3.63, 3.8) is 0 Å². The summed E-state index contributed by atoms with van der Waals surface area (Å²) in [5.41, 5.74) is -0.0895. The van der Waals surface area contributed by atoms with Gasteiger partial charge < -0.3 is 9.88 Å². The largest absolute Gasteiger partial charge is 0.319 e. The van der Waals surface area contributed by atoms with E-state index in [4.69, 9.17) is 23.2 Å². The van der Waals surface area contributed by atoms with Gasteiger partial charge in [-0.3, -0.25) is 9.59 Å². The molecule has 0 saturated heterocycles. The number of carbonyl (C=O) groups excluding carboxylic acids is 1. The molecule has 0 aromatic carbocycles. The predicted octanol–water partition coefficient (Wildman–Crippen LogP) is 1.73. The molecular weight excluding hydrogens is 291 g/mol. The average Bonchev–Trinajstić information content (AvgIpc) is 2.38. The van der Waals surface area contributed by atoms with Gasteiger partial charge in [0.05, 0.1) is 0 Å². The predicted molar refractivity (Wildman–Crippen MR) is 71.7 cm³/mol. The fourth-order valence-electron chi connectivity index (χ4n) is 1.30. The van der Waals surface area contributed by atoms with Gasteiger partial charge >= 0.3 is 0 Å². The van der Waals surface area contributed by atoms with E-state index in [-0.39, 0.29) is 27.1 Å². The van der Waals surface area contributed by atoms with Crippen LogP contribution in [0.1, 0.15) is 10.4 Å². The van der Waals surface area contributed by atoms with Gasteiger partial charge in [-0.2, -0.15) is 0 Å². The molecule has 1 N–H and O–H groups in total. The number of anilines is 1. The first-order valence-electron chi connectivity index (χ1n) is 5.13. The maximum Gasteiger partial charge on any atom is 0.257 e. The van der Waals surface area contributed by atoms with Crippen LogP contribution >= 0.6 is 23.2 Å². The quantitative estimate of drug-likeness (QED) is 0.857. The molecule has 0 spiro atoms. The molecule has 0 aliphatic rings. The van der Waals surface area contributed by atoms with E-state index >= 15 is 0 Å². The zero-order valence-corrected chi connectivity index (χ0v) is 11.2. The van der Waals surface area contributed by atoms with Crippen molar-refractivity contribution in [1.29, 1.82) is 0 Å². The summed E-state index contributed by atoms with van der Waals surface area (Å²) in [6.07, 6.45) is 2.67. The lowest BCUT2D eigenvalue weighted by atomic mass is 10.2. The van der Waals surface area contributed by atoms with Crippen molar-refractivity contribution in [3.8, 4) is 0 Å². The molecule has 0 atom stereocenters. The Hall–Kier alpha value is -1.92. The van der Waals surface area contributed by atoms with Crippen molar-refractivity contribution in [2.24, 2.45) is 7.05 Å². The number of hydrogen-bond donors (Lipinski definition) is 1. The SMILES string of the molecule is Cn1ccc(C(=O)Nc2ncnc(Cl)c2Cl)cc1=O. The van der Waals surface area contributed by atoms with Gasteiger partial charge in [0.25, 0.3) is 11.5 Å². The van der Waals surface area contributed by atoms with Crippen LogP contribution in [0, 0.1) is 0 Å². The third-order valence-corrected chi connectivity index (χ3v) is 3.09. The first-order chi connectivity index (χ1) is 8.99. The van der Waals surface area contributed by atoms with Gasteiger partial charge in [-0.1, -0.05) is 23.2 Å². The molecule has 0 radical (unpaired) electrons. The summed E-state index contributed by atoms with van der Waals surface area (Å²) in [5, 5.41) is 2.54. The summed E-state index contributed by atoms with van der Waals surface area (Å²) in [4.78, 5) is 30.8. The van der Waals surface area contributed by atoms with Crippen molar-refractivity contribution in [2.45, 2.75) is 0 Å². The Bertz CT molecular complexity index is 699. The minimum atomic E-state index is -0.505. The number of aryl methyl sites for hydroxylation is 1. The number of nitrogens with one attached hydrogen (secondary N) is 1. The molecule has 0 aliphatic heterocycles. The molecule has 0 aliphatic carbocycles. The Morgan fingerprint density at radius 2 is 2.11 bits per heavy atom. The average molecular weight is 299 g/mol. The van der Waals surface area contributed by atoms with E-state index in [9.17, 15) is 9.59 Å². The van der Waals surface area contributed by atoms with E-state index < -0.39 is 5.91 Å². The first kappa shape index (κ1) is 13.5. The highest BCUT2D eigenvalue weighted by atomic mass is 35.5. The molecule has 6 nitrogen and oxygen atoms in total. The first-order valence-corrected chi connectivity index (χ1v) is 5.88. The molecule has 8 heteroatoms. The number of halogens is 2. The molecule has 0 fully saturated rings.